The summed E-state index contributed by atoms with van der Waals surface area (Å²) in [6.07, 6.45) is 4.48. The second-order valence-electron chi connectivity index (χ2n) is 5.98. The third kappa shape index (κ3) is 4.64. The van der Waals surface area contributed by atoms with E-state index < -0.39 is 0 Å². The fraction of sp³-hybridized carbons (Fsp3) is 0.588. The van der Waals surface area contributed by atoms with E-state index in [1.165, 1.54) is 24.8 Å². The van der Waals surface area contributed by atoms with Gasteiger partial charge < -0.3 is 10.2 Å². The molecule has 0 atom stereocenters. The van der Waals surface area contributed by atoms with Gasteiger partial charge in [0, 0.05) is 20.1 Å². The molecule has 1 aromatic rings. The molecule has 1 aliphatic rings. The molecule has 3 heteroatoms. The Kier molecular flexibility index (Phi) is 5.60. The summed E-state index contributed by atoms with van der Waals surface area (Å²) in [6.45, 7) is 7.51. The summed E-state index contributed by atoms with van der Waals surface area (Å²) < 4.78 is 0. The molecule has 1 heterocycles. The van der Waals surface area contributed by atoms with Gasteiger partial charge in [-0.15, -0.1) is 0 Å². The fourth-order valence-electron chi connectivity index (χ4n) is 2.64. The number of benzene rings is 1. The maximum Gasteiger partial charge on any atom is 0.225 e. The molecule has 112 valence electrons. The highest BCUT2D eigenvalue weighted by atomic mass is 16.1. The van der Waals surface area contributed by atoms with Crippen molar-refractivity contribution in [3.63, 3.8) is 0 Å². The lowest BCUT2D eigenvalue weighted by atomic mass is 10.0. The number of nitrogens with zero attached hydrogens (tertiary/aromatic N) is 1. The molecule has 0 spiro atoms. The van der Waals surface area contributed by atoms with Crippen LogP contribution < -0.4 is 5.32 Å². The molecule has 1 aliphatic heterocycles. The Balaban J connectivity index is 0.00000220. The third-order valence-corrected chi connectivity index (χ3v) is 3.94. The Labute approximate surface area is 123 Å². The minimum absolute atomic E-state index is 0. The van der Waals surface area contributed by atoms with Gasteiger partial charge in [-0.05, 0) is 49.5 Å². The van der Waals surface area contributed by atoms with Gasteiger partial charge in [0.1, 0.15) is 0 Å². The number of hydrogen-bond donors (Lipinski definition) is 1. The zero-order chi connectivity index (χ0) is 14.4. The molecule has 1 amide bonds. The highest BCUT2D eigenvalue weighted by Crippen LogP contribution is 2.18. The van der Waals surface area contributed by atoms with Crippen molar-refractivity contribution >= 4 is 11.6 Å². The van der Waals surface area contributed by atoms with Crippen LogP contribution >= 0.6 is 0 Å². The lowest BCUT2D eigenvalue weighted by Gasteiger charge is -2.25. The van der Waals surface area contributed by atoms with Crippen molar-refractivity contribution in [3.05, 3.63) is 29.8 Å². The number of carbonyl (C=O) groups excluding carboxylic acids is 1. The topological polar surface area (TPSA) is 32.3 Å². The first kappa shape index (κ1) is 15.0. The van der Waals surface area contributed by atoms with Crippen LogP contribution in [0.4, 0.5) is 5.69 Å². The molecule has 0 unspecified atom stereocenters. The molecule has 0 saturated carbocycles. The van der Waals surface area contributed by atoms with Gasteiger partial charge in [0.25, 0.3) is 0 Å². The van der Waals surface area contributed by atoms with E-state index in [2.05, 4.69) is 36.2 Å². The van der Waals surface area contributed by atoms with Crippen LogP contribution in [0.5, 0.6) is 0 Å². The molecule has 20 heavy (non-hydrogen) atoms. The van der Waals surface area contributed by atoms with Crippen LogP contribution in [-0.4, -0.2) is 30.4 Å². The van der Waals surface area contributed by atoms with E-state index >= 15 is 0 Å². The van der Waals surface area contributed by atoms with Crippen LogP contribution in [0.15, 0.2) is 24.3 Å². The molecule has 1 saturated heterocycles. The van der Waals surface area contributed by atoms with Crippen molar-refractivity contribution in [2.75, 3.05) is 25.0 Å². The average molecular weight is 276 g/mol. The molecule has 0 bridgehead atoms. The zero-order valence-electron chi connectivity index (χ0n) is 12.7. The van der Waals surface area contributed by atoms with Crippen molar-refractivity contribution in [1.29, 1.82) is 0 Å². The van der Waals surface area contributed by atoms with Crippen LogP contribution in [0.3, 0.4) is 0 Å². The maximum atomic E-state index is 12.0. The Morgan fingerprint density at radius 1 is 1.30 bits per heavy atom. The molecular formula is C17H28N2O. The highest BCUT2D eigenvalue weighted by molar-refractivity contribution is 5.90. The molecule has 0 radical (unpaired) electrons. The molecule has 0 aliphatic carbocycles. The van der Waals surface area contributed by atoms with Gasteiger partial charge in [0.15, 0.2) is 0 Å². The number of rotatable bonds is 5. The van der Waals surface area contributed by atoms with E-state index in [0.717, 1.165) is 25.3 Å². The molecule has 2 rings (SSSR count). The summed E-state index contributed by atoms with van der Waals surface area (Å²) in [5.74, 6) is 0.608. The Bertz CT molecular complexity index is 442. The van der Waals surface area contributed by atoms with E-state index in [1.807, 2.05) is 12.1 Å². The predicted molar refractivity (Wildman–Crippen MR) is 86.2 cm³/mol. The fourth-order valence-corrected chi connectivity index (χ4v) is 2.64. The quantitative estimate of drug-likeness (QED) is 0.885. The lowest BCUT2D eigenvalue weighted by molar-refractivity contribution is -0.116. The SMILES string of the molecule is CC(C)c1cccc(NC(=O)CCN2CCCCC2)c1.[HH]. The lowest BCUT2D eigenvalue weighted by Crippen LogP contribution is -2.32. The van der Waals surface area contributed by atoms with Gasteiger partial charge in [-0.1, -0.05) is 32.4 Å². The first-order valence-electron chi connectivity index (χ1n) is 7.77. The largest absolute Gasteiger partial charge is 0.326 e. The second kappa shape index (κ2) is 7.44. The molecule has 1 N–H and O–H groups in total. The summed E-state index contributed by atoms with van der Waals surface area (Å²) in [4.78, 5) is 14.4. The van der Waals surface area contributed by atoms with E-state index in [0.29, 0.717) is 12.3 Å². The summed E-state index contributed by atoms with van der Waals surface area (Å²) in [5, 5.41) is 3.01. The van der Waals surface area contributed by atoms with Crippen LogP contribution in [0.1, 0.15) is 52.4 Å². The van der Waals surface area contributed by atoms with Crippen LogP contribution in [-0.2, 0) is 4.79 Å². The number of hydrogen-bond acceptors (Lipinski definition) is 2. The van der Waals surface area contributed by atoms with Crippen molar-refractivity contribution < 1.29 is 6.22 Å². The minimum atomic E-state index is 0. The molecule has 1 fully saturated rings. The Morgan fingerprint density at radius 2 is 2.05 bits per heavy atom. The summed E-state index contributed by atoms with van der Waals surface area (Å²) in [5.41, 5.74) is 2.18. The third-order valence-electron chi connectivity index (χ3n) is 3.94. The van der Waals surface area contributed by atoms with Crippen molar-refractivity contribution in [1.82, 2.24) is 4.90 Å². The van der Waals surface area contributed by atoms with Gasteiger partial charge in [-0.2, -0.15) is 0 Å². The highest BCUT2D eigenvalue weighted by Gasteiger charge is 2.12. The maximum absolute atomic E-state index is 12.0. The molecule has 1 aromatic carbocycles. The Morgan fingerprint density at radius 3 is 2.75 bits per heavy atom. The number of likely N-dealkylation sites (tertiary alicyclic amines) is 1. The van der Waals surface area contributed by atoms with E-state index in [-0.39, 0.29) is 7.33 Å². The number of anilines is 1. The normalized spacial score (nSPS) is 16.4. The van der Waals surface area contributed by atoms with Crippen LogP contribution in [0.2, 0.25) is 0 Å². The van der Waals surface area contributed by atoms with Crippen LogP contribution in [0.25, 0.3) is 0 Å². The van der Waals surface area contributed by atoms with Gasteiger partial charge in [-0.3, -0.25) is 4.79 Å². The van der Waals surface area contributed by atoms with Crippen molar-refractivity contribution in [2.24, 2.45) is 0 Å². The second-order valence-corrected chi connectivity index (χ2v) is 5.98. The van der Waals surface area contributed by atoms with Gasteiger partial charge in [-0.25, -0.2) is 0 Å². The molecule has 3 nitrogen and oxygen atoms in total. The molecule has 0 aromatic heterocycles. The number of piperidine rings is 1. The number of amides is 1. The van der Waals surface area contributed by atoms with E-state index in [1.54, 1.807) is 0 Å². The smallest absolute Gasteiger partial charge is 0.225 e. The zero-order valence-corrected chi connectivity index (χ0v) is 12.7. The Hall–Kier alpha value is -1.35. The first-order valence-corrected chi connectivity index (χ1v) is 7.77. The van der Waals surface area contributed by atoms with Gasteiger partial charge in [0.2, 0.25) is 5.91 Å². The van der Waals surface area contributed by atoms with E-state index in [9.17, 15) is 4.79 Å². The molecular weight excluding hydrogens is 248 g/mol. The van der Waals surface area contributed by atoms with Crippen molar-refractivity contribution in [3.8, 4) is 0 Å². The van der Waals surface area contributed by atoms with Gasteiger partial charge >= 0.3 is 0 Å². The average Bonchev–Trinajstić information content (AvgIpc) is 2.46. The summed E-state index contributed by atoms with van der Waals surface area (Å²) >= 11 is 0. The predicted octanol–water partition coefficient (Wildman–Crippen LogP) is 3.87. The first-order chi connectivity index (χ1) is 9.65. The monoisotopic (exact) mass is 276 g/mol. The van der Waals surface area contributed by atoms with Crippen LogP contribution in [0, 0.1) is 0 Å². The number of carbonyl (C=O) groups is 1. The number of nitrogens with one attached hydrogen (secondary N) is 1. The van der Waals surface area contributed by atoms with Gasteiger partial charge in [0.05, 0.1) is 0 Å². The summed E-state index contributed by atoms with van der Waals surface area (Å²) in [7, 11) is 0. The van der Waals surface area contributed by atoms with E-state index in [4.69, 9.17) is 0 Å². The standard InChI is InChI=1S/C17H26N2O.H2/c1-14(2)15-7-6-8-16(13-15)18-17(20)9-12-19-10-4-3-5-11-19;/h6-8,13-14H,3-5,9-12H2,1-2H3,(H,18,20);1H. The summed E-state index contributed by atoms with van der Waals surface area (Å²) in [6, 6.07) is 8.15. The minimum Gasteiger partial charge on any atom is -0.326 e. The van der Waals surface area contributed by atoms with Crippen molar-refractivity contribution in [2.45, 2.75) is 45.4 Å².